The van der Waals surface area contributed by atoms with Crippen LogP contribution in [0.25, 0.3) is 0 Å². The molecule has 3 saturated heterocycles. The van der Waals surface area contributed by atoms with Crippen molar-refractivity contribution in [1.82, 2.24) is 0 Å². The Balaban J connectivity index is 1.81. The Labute approximate surface area is 330 Å². The summed E-state index contributed by atoms with van der Waals surface area (Å²) in [6.45, 7) is 37.6. The number of carbonyl (C=O) groups excluding carboxylic acids is 1. The van der Waals surface area contributed by atoms with E-state index in [4.69, 9.17) is 41.7 Å². The van der Waals surface area contributed by atoms with E-state index in [0.29, 0.717) is 16.6 Å². The van der Waals surface area contributed by atoms with E-state index in [-0.39, 0.29) is 22.5 Å². The minimum Gasteiger partial charge on any atom is -0.406 e. The number of ether oxygens (including phenoxy) is 6. The van der Waals surface area contributed by atoms with E-state index in [0.717, 1.165) is 5.56 Å². The maximum Gasteiger partial charge on any atom is 0.203 e. The zero-order valence-electron chi connectivity index (χ0n) is 36.7. The molecule has 3 aliphatic rings. The van der Waals surface area contributed by atoms with Crippen LogP contribution in [-0.2, 0) is 46.5 Å². The van der Waals surface area contributed by atoms with Crippen molar-refractivity contribution in [3.8, 4) is 0 Å². The molecule has 1 aromatic carbocycles. The van der Waals surface area contributed by atoms with Gasteiger partial charge in [0.05, 0.1) is 12.7 Å². The van der Waals surface area contributed by atoms with Gasteiger partial charge in [-0.05, 0) is 59.8 Å². The molecule has 1 unspecified atom stereocenters. The molecule has 1 aromatic rings. The smallest absolute Gasteiger partial charge is 0.203 e. The van der Waals surface area contributed by atoms with Crippen LogP contribution in [0.4, 0.5) is 0 Å². The Kier molecular flexibility index (Phi) is 14.6. The van der Waals surface area contributed by atoms with E-state index < -0.39 is 86.6 Å². The number of hydrogen-bond donors (Lipinski definition) is 0. The van der Waals surface area contributed by atoms with Gasteiger partial charge in [0, 0.05) is 12.7 Å². The first kappa shape index (κ1) is 45.9. The molecule has 0 N–H and O–H groups in total. The molecule has 0 saturated carbocycles. The number of rotatable bonds is 13. The summed E-state index contributed by atoms with van der Waals surface area (Å²) in [5, 5.41) is -0.313. The van der Waals surface area contributed by atoms with Crippen LogP contribution in [0, 0.1) is 0 Å². The number of ketones is 1. The Hall–Kier alpha value is -0.819. The summed E-state index contributed by atoms with van der Waals surface area (Å²) in [6, 6.07) is 9.66. The lowest BCUT2D eigenvalue weighted by molar-refractivity contribution is -0.349. The Bertz CT molecular complexity index is 1350. The fourth-order valence-electron chi connectivity index (χ4n) is 7.88. The van der Waals surface area contributed by atoms with Gasteiger partial charge < -0.3 is 41.7 Å². The van der Waals surface area contributed by atoms with Crippen LogP contribution in [-0.4, -0.2) is 99.8 Å². The third-order valence-corrected chi connectivity index (χ3v) is 28.0. The fourth-order valence-corrected chi connectivity index (χ4v) is 15.8. The van der Waals surface area contributed by atoms with Crippen LogP contribution < -0.4 is 0 Å². The Morgan fingerprint density at radius 1 is 0.704 bits per heavy atom. The van der Waals surface area contributed by atoms with Crippen LogP contribution in [0.15, 0.2) is 30.3 Å². The quantitative estimate of drug-likeness (QED) is 0.179. The molecule has 3 aliphatic heterocycles. The molecule has 0 bridgehead atoms. The third kappa shape index (κ3) is 9.39. The first-order valence-electron chi connectivity index (χ1n) is 20.2. The number of benzene rings is 1. The van der Waals surface area contributed by atoms with Crippen molar-refractivity contribution >= 4 is 30.7 Å². The molecule has 3 fully saturated rings. The first-order chi connectivity index (χ1) is 24.8. The summed E-state index contributed by atoms with van der Waals surface area (Å²) in [5.74, 6) is -0.208. The molecule has 0 spiro atoms. The van der Waals surface area contributed by atoms with Gasteiger partial charge in [-0.3, -0.25) is 4.79 Å². The van der Waals surface area contributed by atoms with Gasteiger partial charge in [0.2, 0.25) is 8.32 Å². The zero-order chi connectivity index (χ0) is 40.8. The van der Waals surface area contributed by atoms with Crippen LogP contribution in [0.3, 0.4) is 0 Å². The lowest BCUT2D eigenvalue weighted by atomic mass is 9.97. The van der Waals surface area contributed by atoms with Crippen molar-refractivity contribution in [1.29, 1.82) is 0 Å². The van der Waals surface area contributed by atoms with Crippen molar-refractivity contribution in [2.45, 2.75) is 204 Å². The number of carbonyl (C=O) groups is 1. The molecule has 10 nitrogen and oxygen atoms in total. The minimum atomic E-state index is -2.55. The van der Waals surface area contributed by atoms with Crippen LogP contribution in [0.1, 0.15) is 102 Å². The first-order valence-corrected chi connectivity index (χ1v) is 28.1. The minimum absolute atomic E-state index is 0.124. The van der Waals surface area contributed by atoms with Gasteiger partial charge in [0.1, 0.15) is 24.4 Å². The van der Waals surface area contributed by atoms with E-state index in [1.54, 1.807) is 7.11 Å². The van der Waals surface area contributed by atoms with Gasteiger partial charge in [0.15, 0.2) is 53.5 Å². The average Bonchev–Trinajstić information content (AvgIpc) is 3.05. The topological polar surface area (TPSA) is 100 Å². The van der Waals surface area contributed by atoms with E-state index in [1.165, 1.54) is 0 Å². The van der Waals surface area contributed by atoms with Crippen LogP contribution in [0.5, 0.6) is 0 Å². The second kappa shape index (κ2) is 17.2. The molecule has 4 rings (SSSR count). The molecule has 13 heteroatoms. The lowest BCUT2D eigenvalue weighted by Gasteiger charge is -2.54. The zero-order valence-corrected chi connectivity index (χ0v) is 39.7. The molecule has 0 aliphatic carbocycles. The highest BCUT2D eigenvalue weighted by Gasteiger charge is 2.59. The van der Waals surface area contributed by atoms with Crippen molar-refractivity contribution in [2.75, 3.05) is 13.7 Å². The molecular formula is C41H74O10Si3. The highest BCUT2D eigenvalue weighted by atomic mass is 28.4. The fraction of sp³-hybridized carbons (Fsp3) is 0.829. The largest absolute Gasteiger partial charge is 0.406 e. The monoisotopic (exact) mass is 810 g/mol. The predicted octanol–water partition coefficient (Wildman–Crippen LogP) is 9.51. The maximum absolute atomic E-state index is 14.8. The normalized spacial score (nSPS) is 32.1. The Morgan fingerprint density at radius 2 is 1.24 bits per heavy atom. The molecule has 310 valence electrons. The van der Waals surface area contributed by atoms with E-state index in [9.17, 15) is 4.79 Å². The lowest BCUT2D eigenvalue weighted by Crippen LogP contribution is -2.68. The van der Waals surface area contributed by atoms with Crippen molar-refractivity contribution in [3.05, 3.63) is 35.9 Å². The maximum atomic E-state index is 14.8. The van der Waals surface area contributed by atoms with Crippen molar-refractivity contribution in [3.63, 3.8) is 0 Å². The highest BCUT2D eigenvalue weighted by Crippen LogP contribution is 2.47. The second-order valence-electron chi connectivity index (χ2n) is 19.7. The van der Waals surface area contributed by atoms with Gasteiger partial charge >= 0.3 is 0 Å². The van der Waals surface area contributed by atoms with E-state index in [1.807, 2.05) is 37.3 Å². The van der Waals surface area contributed by atoms with E-state index in [2.05, 4.69) is 109 Å². The summed E-state index contributed by atoms with van der Waals surface area (Å²) >= 11 is 0. The standard InChI is InChI=1S/C41H74O10Si3/c1-25(2)54(26(3)4,27(5)6)51-39-36(50-53(17,18)41(11,12)13)35(32(43-14)28(7)45-39)48-38-34(49-52(15,16)40(8,9)10)31(42)33-30(46-38)24-44-37(47-33)29-22-20-19-21-23-29/h19-23,25-28,30,32-39H,24H2,1-18H3/t28-,30-,32+,33-,34+,35+,36-,37?,38+,39+/m1/s1. The number of Topliss-reactive ketones (excluding diaryl/α,β-unsaturated/α-hetero) is 1. The molecule has 54 heavy (non-hydrogen) atoms. The second-order valence-corrected chi connectivity index (χ2v) is 34.6. The van der Waals surface area contributed by atoms with E-state index >= 15 is 0 Å². The third-order valence-electron chi connectivity index (χ3n) is 13.0. The van der Waals surface area contributed by atoms with Gasteiger partial charge in [0.25, 0.3) is 0 Å². The summed E-state index contributed by atoms with van der Waals surface area (Å²) in [7, 11) is -5.84. The number of methoxy groups -OCH3 is 1. The summed E-state index contributed by atoms with van der Waals surface area (Å²) in [6.07, 6.45) is -7.54. The average molecular weight is 811 g/mol. The SMILES string of the molecule is CO[C@@H]1[C@H](O[C@@H]2O[C@@H]3COC(c4ccccc4)O[C@H]3C(=O)[C@@H]2O[Si](C)(C)C(C)(C)C)[C@@H](O[Si](C)(C)C(C)(C)C)[C@H](O[Si](C(C)C)(C(C)C)C(C)C)O[C@@H]1C. The molecule has 0 radical (unpaired) electrons. The Morgan fingerprint density at radius 3 is 1.74 bits per heavy atom. The van der Waals surface area contributed by atoms with Crippen LogP contribution in [0.2, 0.25) is 52.9 Å². The number of fused-ring (bicyclic) bond motifs is 1. The van der Waals surface area contributed by atoms with Crippen molar-refractivity contribution in [2.24, 2.45) is 0 Å². The van der Waals surface area contributed by atoms with Gasteiger partial charge in [-0.2, -0.15) is 0 Å². The van der Waals surface area contributed by atoms with Crippen LogP contribution >= 0.6 is 0 Å². The highest BCUT2D eigenvalue weighted by molar-refractivity contribution is 6.77. The van der Waals surface area contributed by atoms with Crippen molar-refractivity contribution < 1.29 is 46.5 Å². The summed E-state index contributed by atoms with van der Waals surface area (Å²) in [4.78, 5) is 14.8. The summed E-state index contributed by atoms with van der Waals surface area (Å²) < 4.78 is 61.3. The molecule has 3 heterocycles. The molecule has 0 aromatic heterocycles. The van der Waals surface area contributed by atoms with Gasteiger partial charge in [-0.1, -0.05) is 113 Å². The van der Waals surface area contributed by atoms with Gasteiger partial charge in [-0.15, -0.1) is 0 Å². The number of hydrogen-bond acceptors (Lipinski definition) is 10. The predicted molar refractivity (Wildman–Crippen MR) is 220 cm³/mol. The van der Waals surface area contributed by atoms with Gasteiger partial charge in [-0.25, -0.2) is 0 Å². The molecule has 10 atom stereocenters. The molecule has 0 amide bonds. The molecular weight excluding hydrogens is 737 g/mol. The summed E-state index contributed by atoms with van der Waals surface area (Å²) in [5.41, 5.74) is 1.78.